The molecule has 0 aliphatic carbocycles. The summed E-state index contributed by atoms with van der Waals surface area (Å²) in [7, 11) is 0. The Balaban J connectivity index is 4.11. The second kappa shape index (κ2) is 9.30. The molecule has 2 atom stereocenters. The molecule has 0 spiro atoms. The molecule has 0 amide bonds. The van der Waals surface area contributed by atoms with Gasteiger partial charge in [-0.3, -0.25) is 9.59 Å². The molecule has 0 saturated heterocycles. The van der Waals surface area contributed by atoms with Crippen LogP contribution in [0.25, 0.3) is 0 Å². The Hall–Kier alpha value is -1.67. The molecule has 8 heteroatoms. The summed E-state index contributed by atoms with van der Waals surface area (Å²) in [5.74, 6) is -4.29. The predicted molar refractivity (Wildman–Crippen MR) is 70.6 cm³/mol. The zero-order valence-electron chi connectivity index (χ0n) is 11.9. The summed E-state index contributed by atoms with van der Waals surface area (Å²) < 4.78 is 4.75. The number of carboxylic acids is 2. The van der Waals surface area contributed by atoms with E-state index in [0.717, 1.165) is 0 Å². The fourth-order valence-corrected chi connectivity index (χ4v) is 1.63. The van der Waals surface area contributed by atoms with Crippen LogP contribution in [0.5, 0.6) is 0 Å². The minimum Gasteiger partial charge on any atom is -0.481 e. The number of unbranched alkanes of at least 4 members (excludes halogenated alkanes) is 1. The number of rotatable bonds is 11. The Morgan fingerprint density at radius 2 is 1.76 bits per heavy atom. The Morgan fingerprint density at radius 3 is 2.24 bits per heavy atom. The van der Waals surface area contributed by atoms with Crippen molar-refractivity contribution in [3.05, 3.63) is 0 Å². The molecular formula is C13H22O8. The zero-order chi connectivity index (χ0) is 16.5. The number of hydrogen-bond donors (Lipinski definition) is 4. The maximum atomic E-state index is 11.4. The lowest BCUT2D eigenvalue weighted by molar-refractivity contribution is -0.172. The maximum Gasteiger partial charge on any atom is 0.336 e. The number of aliphatic hydroxyl groups excluding tert-OH is 1. The van der Waals surface area contributed by atoms with Crippen molar-refractivity contribution < 1.29 is 39.5 Å². The predicted octanol–water partition coefficient (Wildman–Crippen LogP) is 0.151. The Morgan fingerprint density at radius 1 is 1.14 bits per heavy atom. The van der Waals surface area contributed by atoms with Gasteiger partial charge in [-0.2, -0.15) is 0 Å². The molecule has 0 aromatic carbocycles. The Labute approximate surface area is 122 Å². The summed E-state index contributed by atoms with van der Waals surface area (Å²) in [6.07, 6.45) is -0.0548. The first-order valence-electron chi connectivity index (χ1n) is 6.72. The first-order chi connectivity index (χ1) is 9.71. The van der Waals surface area contributed by atoms with Gasteiger partial charge in [-0.05, 0) is 25.7 Å². The lowest BCUT2D eigenvalue weighted by Gasteiger charge is -2.20. The lowest BCUT2D eigenvalue weighted by atomic mass is 9.96. The number of aliphatic carboxylic acids is 2. The molecule has 8 nitrogen and oxygen atoms in total. The third-order valence-corrected chi connectivity index (χ3v) is 2.94. The highest BCUT2D eigenvalue weighted by Gasteiger charge is 2.41. The molecule has 2 unspecified atom stereocenters. The average Bonchev–Trinajstić information content (AvgIpc) is 2.36. The smallest absolute Gasteiger partial charge is 0.336 e. The fourth-order valence-electron chi connectivity index (χ4n) is 1.63. The van der Waals surface area contributed by atoms with Gasteiger partial charge in [0.05, 0.1) is 25.6 Å². The molecule has 0 saturated carbocycles. The van der Waals surface area contributed by atoms with E-state index in [-0.39, 0.29) is 6.61 Å². The van der Waals surface area contributed by atoms with E-state index in [4.69, 9.17) is 14.9 Å². The highest BCUT2D eigenvalue weighted by atomic mass is 16.5. The molecule has 122 valence electrons. The molecule has 0 fully saturated rings. The van der Waals surface area contributed by atoms with Gasteiger partial charge in [-0.1, -0.05) is 6.92 Å². The molecule has 4 N–H and O–H groups in total. The summed E-state index contributed by atoms with van der Waals surface area (Å²) >= 11 is 0. The monoisotopic (exact) mass is 306 g/mol. The fraction of sp³-hybridized carbons (Fsp3) is 0.769. The summed E-state index contributed by atoms with van der Waals surface area (Å²) in [6, 6.07) is 0. The quantitative estimate of drug-likeness (QED) is 0.312. The number of esters is 1. The van der Waals surface area contributed by atoms with Gasteiger partial charge in [0.2, 0.25) is 0 Å². The van der Waals surface area contributed by atoms with Crippen LogP contribution < -0.4 is 0 Å². The van der Waals surface area contributed by atoms with Crippen LogP contribution in [0.4, 0.5) is 0 Å². The largest absolute Gasteiger partial charge is 0.481 e. The molecule has 0 rings (SSSR count). The number of aliphatic hydroxyl groups is 2. The van der Waals surface area contributed by atoms with E-state index in [1.165, 1.54) is 0 Å². The van der Waals surface area contributed by atoms with Crippen molar-refractivity contribution in [2.45, 2.75) is 57.2 Å². The standard InChI is InChI=1S/C13H22O8/c1-2-9(14)5-3-4-6-21-11(17)8-13(20,12(18)19)7-10(15)16/h9,14,20H,2-8H2,1H3,(H,15,16)(H,18,19). The third kappa shape index (κ3) is 8.26. The van der Waals surface area contributed by atoms with E-state index >= 15 is 0 Å². The zero-order valence-corrected chi connectivity index (χ0v) is 11.9. The van der Waals surface area contributed by atoms with Crippen molar-refractivity contribution in [3.63, 3.8) is 0 Å². The summed E-state index contributed by atoms with van der Waals surface area (Å²) in [5, 5.41) is 36.2. The van der Waals surface area contributed by atoms with Crippen molar-refractivity contribution in [2.24, 2.45) is 0 Å². The summed E-state index contributed by atoms with van der Waals surface area (Å²) in [5.41, 5.74) is -2.67. The molecule has 0 aromatic rings. The van der Waals surface area contributed by atoms with Crippen molar-refractivity contribution >= 4 is 17.9 Å². The van der Waals surface area contributed by atoms with Crippen LogP contribution in [0.15, 0.2) is 0 Å². The van der Waals surface area contributed by atoms with Crippen molar-refractivity contribution in [1.29, 1.82) is 0 Å². The van der Waals surface area contributed by atoms with Gasteiger partial charge in [0.15, 0.2) is 5.60 Å². The lowest BCUT2D eigenvalue weighted by Crippen LogP contribution is -2.43. The molecule has 0 bridgehead atoms. The van der Waals surface area contributed by atoms with Crippen molar-refractivity contribution in [2.75, 3.05) is 6.61 Å². The Bertz CT molecular complexity index is 367. The molecule has 0 aliphatic heterocycles. The highest BCUT2D eigenvalue weighted by molar-refractivity contribution is 5.88. The average molecular weight is 306 g/mol. The maximum absolute atomic E-state index is 11.4. The normalized spacial score (nSPS) is 15.0. The minimum atomic E-state index is -2.67. The Kier molecular flexibility index (Phi) is 8.56. The van der Waals surface area contributed by atoms with Gasteiger partial charge >= 0.3 is 17.9 Å². The number of carbonyl (C=O) groups is 3. The molecule has 21 heavy (non-hydrogen) atoms. The molecule has 0 heterocycles. The van der Waals surface area contributed by atoms with E-state index in [1.807, 2.05) is 6.92 Å². The van der Waals surface area contributed by atoms with Gasteiger partial charge < -0.3 is 25.2 Å². The SMILES string of the molecule is CCC(O)CCCCOC(=O)CC(O)(CC(=O)O)C(=O)O. The molecule has 0 aromatic heterocycles. The molecule has 0 aliphatic rings. The van der Waals surface area contributed by atoms with Crippen LogP contribution in [-0.4, -0.2) is 56.6 Å². The van der Waals surface area contributed by atoms with Crippen LogP contribution in [0.1, 0.15) is 45.4 Å². The number of ether oxygens (including phenoxy) is 1. The third-order valence-electron chi connectivity index (χ3n) is 2.94. The first kappa shape index (κ1) is 19.3. The summed E-state index contributed by atoms with van der Waals surface area (Å²) in [4.78, 5) is 32.7. The van der Waals surface area contributed by atoms with E-state index in [1.54, 1.807) is 0 Å². The topological polar surface area (TPSA) is 141 Å². The van der Waals surface area contributed by atoms with Crippen LogP contribution >= 0.6 is 0 Å². The van der Waals surface area contributed by atoms with Gasteiger partial charge in [0, 0.05) is 0 Å². The van der Waals surface area contributed by atoms with Crippen LogP contribution in [0.2, 0.25) is 0 Å². The van der Waals surface area contributed by atoms with Crippen LogP contribution in [0.3, 0.4) is 0 Å². The van der Waals surface area contributed by atoms with E-state index in [0.29, 0.717) is 25.7 Å². The van der Waals surface area contributed by atoms with Gasteiger partial charge in [0.1, 0.15) is 0 Å². The number of carbonyl (C=O) groups excluding carboxylic acids is 1. The van der Waals surface area contributed by atoms with Gasteiger partial charge in [0.25, 0.3) is 0 Å². The van der Waals surface area contributed by atoms with E-state index in [9.17, 15) is 24.6 Å². The summed E-state index contributed by atoms with van der Waals surface area (Å²) in [6.45, 7) is 1.87. The van der Waals surface area contributed by atoms with Crippen LogP contribution in [-0.2, 0) is 19.1 Å². The van der Waals surface area contributed by atoms with Crippen LogP contribution in [0, 0.1) is 0 Å². The molecule has 0 radical (unpaired) electrons. The second-order valence-corrected chi connectivity index (χ2v) is 4.86. The van der Waals surface area contributed by atoms with Crippen molar-refractivity contribution in [3.8, 4) is 0 Å². The van der Waals surface area contributed by atoms with E-state index < -0.39 is 42.5 Å². The minimum absolute atomic E-state index is 0.0258. The number of carboxylic acid groups (broad SMARTS) is 2. The van der Waals surface area contributed by atoms with Gasteiger partial charge in [-0.25, -0.2) is 4.79 Å². The highest BCUT2D eigenvalue weighted by Crippen LogP contribution is 2.17. The van der Waals surface area contributed by atoms with Gasteiger partial charge in [-0.15, -0.1) is 0 Å². The van der Waals surface area contributed by atoms with E-state index in [2.05, 4.69) is 0 Å². The number of hydrogen-bond acceptors (Lipinski definition) is 6. The first-order valence-corrected chi connectivity index (χ1v) is 6.72. The second-order valence-electron chi connectivity index (χ2n) is 4.86. The molecular weight excluding hydrogens is 284 g/mol. The van der Waals surface area contributed by atoms with Crippen molar-refractivity contribution in [1.82, 2.24) is 0 Å².